The molecule has 0 bridgehead atoms. The van der Waals surface area contributed by atoms with Gasteiger partial charge in [0.1, 0.15) is 0 Å². The number of nitrogens with one attached hydrogen (secondary N) is 1. The van der Waals surface area contributed by atoms with Crippen LogP contribution in [0.3, 0.4) is 0 Å². The van der Waals surface area contributed by atoms with Crippen molar-refractivity contribution in [3.63, 3.8) is 0 Å². The fourth-order valence-corrected chi connectivity index (χ4v) is 2.78. The summed E-state index contributed by atoms with van der Waals surface area (Å²) in [5.74, 6) is 0. The molecule has 0 radical (unpaired) electrons. The molecular weight excluding hydrogens is 335 g/mol. The van der Waals surface area contributed by atoms with E-state index in [2.05, 4.69) is 84.6 Å². The Kier molecular flexibility index (Phi) is 4.00. The maximum Gasteiger partial charge on any atom is 0.0418 e. The molecule has 1 aromatic heterocycles. The molecular formula is C15H19IN2. The summed E-state index contributed by atoms with van der Waals surface area (Å²) in [7, 11) is 2.12. The highest BCUT2D eigenvalue weighted by Gasteiger charge is 2.06. The number of aryl methyl sites for hydroxylation is 2. The smallest absolute Gasteiger partial charge is 0.0418 e. The van der Waals surface area contributed by atoms with Gasteiger partial charge in [0.15, 0.2) is 0 Å². The Balaban J connectivity index is 2.14. The Morgan fingerprint density at radius 1 is 1.17 bits per heavy atom. The first-order valence-corrected chi connectivity index (χ1v) is 7.18. The highest BCUT2D eigenvalue weighted by Crippen LogP contribution is 2.20. The second kappa shape index (κ2) is 5.34. The molecule has 0 amide bonds. The zero-order valence-electron chi connectivity index (χ0n) is 11.3. The van der Waals surface area contributed by atoms with Gasteiger partial charge in [-0.05, 0) is 78.8 Å². The maximum atomic E-state index is 3.52. The Labute approximate surface area is 123 Å². The molecule has 0 fully saturated rings. The second-order valence-electron chi connectivity index (χ2n) is 4.77. The van der Waals surface area contributed by atoms with Gasteiger partial charge in [-0.3, -0.25) is 0 Å². The van der Waals surface area contributed by atoms with Crippen LogP contribution in [-0.2, 0) is 13.6 Å². The Bertz CT molecular complexity index is 570. The third-order valence-corrected chi connectivity index (χ3v) is 4.21. The Morgan fingerprint density at radius 3 is 2.44 bits per heavy atom. The van der Waals surface area contributed by atoms with E-state index in [1.165, 1.54) is 31.8 Å². The summed E-state index contributed by atoms with van der Waals surface area (Å²) in [6.45, 7) is 7.35. The summed E-state index contributed by atoms with van der Waals surface area (Å²) in [6, 6.07) is 8.75. The molecule has 0 unspecified atom stereocenters. The third kappa shape index (κ3) is 2.71. The van der Waals surface area contributed by atoms with Gasteiger partial charge in [0.25, 0.3) is 0 Å². The number of aromatic nitrogens is 1. The highest BCUT2D eigenvalue weighted by atomic mass is 127. The average Bonchev–Trinajstić information content (AvgIpc) is 2.56. The number of hydrogen-bond acceptors (Lipinski definition) is 1. The SMILES string of the molecule is Cc1cc(I)ccc1NCc1cc(C)n(C)c1C. The molecule has 0 saturated heterocycles. The van der Waals surface area contributed by atoms with E-state index in [-0.39, 0.29) is 0 Å². The molecule has 0 aliphatic heterocycles. The fraction of sp³-hybridized carbons (Fsp3) is 0.333. The van der Waals surface area contributed by atoms with Crippen molar-refractivity contribution in [3.05, 3.63) is 50.4 Å². The normalized spacial score (nSPS) is 10.7. The van der Waals surface area contributed by atoms with Crippen LogP contribution in [0.4, 0.5) is 5.69 Å². The monoisotopic (exact) mass is 354 g/mol. The Hall–Kier alpha value is -0.970. The van der Waals surface area contributed by atoms with Crippen LogP contribution in [-0.4, -0.2) is 4.57 Å². The van der Waals surface area contributed by atoms with Gasteiger partial charge in [-0.1, -0.05) is 0 Å². The van der Waals surface area contributed by atoms with Crippen LogP contribution < -0.4 is 5.32 Å². The van der Waals surface area contributed by atoms with Gasteiger partial charge < -0.3 is 9.88 Å². The molecule has 1 heterocycles. The van der Waals surface area contributed by atoms with Gasteiger partial charge in [-0.15, -0.1) is 0 Å². The zero-order valence-corrected chi connectivity index (χ0v) is 13.5. The molecule has 3 heteroatoms. The van der Waals surface area contributed by atoms with E-state index in [0.29, 0.717) is 0 Å². The van der Waals surface area contributed by atoms with Crippen molar-refractivity contribution in [2.45, 2.75) is 27.3 Å². The summed E-state index contributed by atoms with van der Waals surface area (Å²) in [5.41, 5.74) is 6.53. The van der Waals surface area contributed by atoms with Crippen molar-refractivity contribution in [2.75, 3.05) is 5.32 Å². The number of benzene rings is 1. The number of hydrogen-bond donors (Lipinski definition) is 1. The summed E-state index contributed by atoms with van der Waals surface area (Å²) < 4.78 is 3.51. The van der Waals surface area contributed by atoms with Gasteiger partial charge in [-0.25, -0.2) is 0 Å². The molecule has 2 nitrogen and oxygen atoms in total. The molecule has 0 spiro atoms. The van der Waals surface area contributed by atoms with E-state index in [0.717, 1.165) is 6.54 Å². The quantitative estimate of drug-likeness (QED) is 0.819. The van der Waals surface area contributed by atoms with E-state index in [1.54, 1.807) is 0 Å². The van der Waals surface area contributed by atoms with Crippen molar-refractivity contribution in [1.29, 1.82) is 0 Å². The zero-order chi connectivity index (χ0) is 13.3. The van der Waals surface area contributed by atoms with Crippen LogP contribution in [0, 0.1) is 24.3 Å². The van der Waals surface area contributed by atoms with Gasteiger partial charge in [0.2, 0.25) is 0 Å². The summed E-state index contributed by atoms with van der Waals surface area (Å²) in [4.78, 5) is 0. The highest BCUT2D eigenvalue weighted by molar-refractivity contribution is 14.1. The van der Waals surface area contributed by atoms with E-state index in [9.17, 15) is 0 Å². The standard InChI is InChI=1S/C15H19IN2/c1-10-7-14(16)5-6-15(10)17-9-13-8-11(2)18(4)12(13)3/h5-8,17H,9H2,1-4H3. The number of rotatable bonds is 3. The molecule has 96 valence electrons. The van der Waals surface area contributed by atoms with Gasteiger partial charge in [-0.2, -0.15) is 0 Å². The molecule has 2 rings (SSSR count). The second-order valence-corrected chi connectivity index (χ2v) is 6.01. The van der Waals surface area contributed by atoms with Crippen molar-refractivity contribution in [2.24, 2.45) is 7.05 Å². The largest absolute Gasteiger partial charge is 0.381 e. The van der Waals surface area contributed by atoms with Crippen molar-refractivity contribution in [3.8, 4) is 0 Å². The minimum atomic E-state index is 0.884. The maximum absolute atomic E-state index is 3.52. The topological polar surface area (TPSA) is 17.0 Å². The van der Waals surface area contributed by atoms with Crippen LogP contribution >= 0.6 is 22.6 Å². The van der Waals surface area contributed by atoms with Crippen molar-refractivity contribution >= 4 is 28.3 Å². The minimum absolute atomic E-state index is 0.884. The molecule has 0 aliphatic rings. The minimum Gasteiger partial charge on any atom is -0.381 e. The van der Waals surface area contributed by atoms with Gasteiger partial charge in [0, 0.05) is 34.2 Å². The summed E-state index contributed by atoms with van der Waals surface area (Å²) in [6.07, 6.45) is 0. The Morgan fingerprint density at radius 2 is 1.89 bits per heavy atom. The van der Waals surface area contributed by atoms with Crippen LogP contribution in [0.15, 0.2) is 24.3 Å². The van der Waals surface area contributed by atoms with Gasteiger partial charge >= 0.3 is 0 Å². The summed E-state index contributed by atoms with van der Waals surface area (Å²) in [5, 5.41) is 3.52. The summed E-state index contributed by atoms with van der Waals surface area (Å²) >= 11 is 2.34. The first-order chi connectivity index (χ1) is 8.49. The first-order valence-electron chi connectivity index (χ1n) is 6.11. The lowest BCUT2D eigenvalue weighted by Crippen LogP contribution is -2.02. The van der Waals surface area contributed by atoms with Crippen LogP contribution in [0.25, 0.3) is 0 Å². The van der Waals surface area contributed by atoms with E-state index in [4.69, 9.17) is 0 Å². The molecule has 1 aromatic carbocycles. The molecule has 18 heavy (non-hydrogen) atoms. The predicted molar refractivity (Wildman–Crippen MR) is 86.1 cm³/mol. The van der Waals surface area contributed by atoms with Crippen molar-refractivity contribution < 1.29 is 0 Å². The number of nitrogens with zero attached hydrogens (tertiary/aromatic N) is 1. The molecule has 1 N–H and O–H groups in total. The molecule has 0 aliphatic carbocycles. The van der Waals surface area contributed by atoms with Gasteiger partial charge in [0.05, 0.1) is 0 Å². The molecule has 0 saturated carbocycles. The predicted octanol–water partition coefficient (Wildman–Crippen LogP) is 4.17. The molecule has 0 atom stereocenters. The van der Waals surface area contributed by atoms with E-state index in [1.807, 2.05) is 0 Å². The fourth-order valence-electron chi connectivity index (χ4n) is 2.13. The van der Waals surface area contributed by atoms with E-state index < -0.39 is 0 Å². The van der Waals surface area contributed by atoms with Crippen LogP contribution in [0.1, 0.15) is 22.5 Å². The number of anilines is 1. The van der Waals surface area contributed by atoms with Crippen LogP contribution in [0.5, 0.6) is 0 Å². The molecule has 2 aromatic rings. The lowest BCUT2D eigenvalue weighted by Gasteiger charge is -2.10. The average molecular weight is 354 g/mol. The van der Waals surface area contributed by atoms with Crippen molar-refractivity contribution in [1.82, 2.24) is 4.57 Å². The lowest BCUT2D eigenvalue weighted by atomic mass is 10.2. The van der Waals surface area contributed by atoms with E-state index >= 15 is 0 Å². The first kappa shape index (κ1) is 13.5. The number of halogens is 1. The lowest BCUT2D eigenvalue weighted by molar-refractivity contribution is 0.837. The third-order valence-electron chi connectivity index (χ3n) is 3.54. The van der Waals surface area contributed by atoms with Crippen LogP contribution in [0.2, 0.25) is 0 Å².